The summed E-state index contributed by atoms with van der Waals surface area (Å²) in [5.74, 6) is 1.05. The molecule has 0 bridgehead atoms. The summed E-state index contributed by atoms with van der Waals surface area (Å²) in [6.07, 6.45) is -9.93. The van der Waals surface area contributed by atoms with Crippen LogP contribution in [0.5, 0.6) is 11.5 Å². The highest BCUT2D eigenvalue weighted by Crippen LogP contribution is 2.50. The highest BCUT2D eigenvalue weighted by Gasteiger charge is 2.41. The molecular formula is C44H30F6N2O2. The van der Waals surface area contributed by atoms with E-state index < -0.39 is 23.5 Å². The van der Waals surface area contributed by atoms with Crippen molar-refractivity contribution in [3.05, 3.63) is 157 Å². The molecule has 2 heterocycles. The minimum absolute atomic E-state index is 0.0736. The molecule has 0 spiro atoms. The molecule has 0 fully saturated rings. The van der Waals surface area contributed by atoms with Crippen LogP contribution < -0.4 is 9.47 Å². The van der Waals surface area contributed by atoms with Gasteiger partial charge in [0.15, 0.2) is 0 Å². The fourth-order valence-electron chi connectivity index (χ4n) is 6.47. The molecule has 0 aliphatic rings. The van der Waals surface area contributed by atoms with E-state index in [1.807, 2.05) is 0 Å². The normalized spacial score (nSPS) is 11.7. The molecule has 5 aromatic carbocycles. The highest BCUT2D eigenvalue weighted by atomic mass is 19.4. The number of nitrogens with zero attached hydrogens (tertiary/aromatic N) is 2. The third-order valence-electron chi connectivity index (χ3n) is 8.98. The molecule has 0 saturated heterocycles. The zero-order valence-corrected chi connectivity index (χ0v) is 28.8. The van der Waals surface area contributed by atoms with Gasteiger partial charge < -0.3 is 9.47 Å². The number of benzene rings is 5. The summed E-state index contributed by atoms with van der Waals surface area (Å²) in [7, 11) is 2.98. The predicted octanol–water partition coefficient (Wildman–Crippen LogP) is 12.5. The van der Waals surface area contributed by atoms with Crippen LogP contribution in [-0.4, -0.2) is 24.2 Å². The predicted molar refractivity (Wildman–Crippen MR) is 198 cm³/mol. The lowest BCUT2D eigenvalue weighted by molar-refractivity contribution is -0.137. The SMILES string of the molecule is COc1ccc(-c2cc(-c3ccccc3-c3cc(-c4ccc(OC)cc4)nc(-c4ccccc4)c3C(F)(F)F)c(C(F)(F)F)c(-c3ccccc3)n2)cc1. The zero-order valence-electron chi connectivity index (χ0n) is 28.8. The van der Waals surface area contributed by atoms with Gasteiger partial charge in [-0.15, -0.1) is 0 Å². The van der Waals surface area contributed by atoms with E-state index in [1.54, 1.807) is 84.9 Å². The number of hydrogen-bond donors (Lipinski definition) is 0. The summed E-state index contributed by atoms with van der Waals surface area (Å²) in [5.41, 5.74) is -2.02. The Hall–Kier alpha value is -6.42. The Morgan fingerprint density at radius 3 is 1.04 bits per heavy atom. The van der Waals surface area contributed by atoms with E-state index in [4.69, 9.17) is 9.47 Å². The average Bonchev–Trinajstić information content (AvgIpc) is 3.20. The van der Waals surface area contributed by atoms with E-state index in [0.29, 0.717) is 22.6 Å². The first-order valence-electron chi connectivity index (χ1n) is 16.7. The molecule has 270 valence electrons. The maximum Gasteiger partial charge on any atom is 0.419 e. The van der Waals surface area contributed by atoms with Crippen LogP contribution >= 0.6 is 0 Å². The van der Waals surface area contributed by atoms with E-state index in [2.05, 4.69) is 9.97 Å². The van der Waals surface area contributed by atoms with E-state index in [9.17, 15) is 0 Å². The van der Waals surface area contributed by atoms with Crippen molar-refractivity contribution in [3.63, 3.8) is 0 Å². The van der Waals surface area contributed by atoms with Gasteiger partial charge in [0.1, 0.15) is 11.5 Å². The van der Waals surface area contributed by atoms with E-state index in [1.165, 1.54) is 74.9 Å². The monoisotopic (exact) mass is 732 g/mol. The van der Waals surface area contributed by atoms with Crippen molar-refractivity contribution in [2.75, 3.05) is 14.2 Å². The minimum Gasteiger partial charge on any atom is -0.497 e. The van der Waals surface area contributed by atoms with Crippen LogP contribution in [0, 0.1) is 0 Å². The molecule has 0 saturated carbocycles. The van der Waals surface area contributed by atoms with Crippen LogP contribution in [0.1, 0.15) is 11.1 Å². The van der Waals surface area contributed by atoms with Crippen LogP contribution in [0.25, 0.3) is 67.3 Å². The summed E-state index contributed by atoms with van der Waals surface area (Å²) < 4.78 is 104. The van der Waals surface area contributed by atoms with Gasteiger partial charge in [-0.3, -0.25) is 0 Å². The molecule has 0 aliphatic heterocycles. The van der Waals surface area contributed by atoms with E-state index in [-0.39, 0.29) is 56.2 Å². The first kappa shape index (κ1) is 36.0. The number of rotatable bonds is 8. The van der Waals surface area contributed by atoms with Gasteiger partial charge in [0, 0.05) is 22.3 Å². The second-order valence-corrected chi connectivity index (χ2v) is 12.3. The second kappa shape index (κ2) is 14.5. The van der Waals surface area contributed by atoms with Crippen LogP contribution in [0.3, 0.4) is 0 Å². The topological polar surface area (TPSA) is 44.2 Å². The summed E-state index contributed by atoms with van der Waals surface area (Å²) in [4.78, 5) is 9.08. The fourth-order valence-corrected chi connectivity index (χ4v) is 6.47. The largest absolute Gasteiger partial charge is 0.497 e. The number of ether oxygens (including phenoxy) is 2. The molecule has 0 radical (unpaired) electrons. The Kier molecular flexibility index (Phi) is 9.68. The maximum absolute atomic E-state index is 15.5. The van der Waals surface area contributed by atoms with Gasteiger partial charge in [-0.25, -0.2) is 9.97 Å². The van der Waals surface area contributed by atoms with E-state index in [0.717, 1.165) is 0 Å². The van der Waals surface area contributed by atoms with Crippen LogP contribution in [0.2, 0.25) is 0 Å². The Balaban J connectivity index is 1.59. The van der Waals surface area contributed by atoms with Crippen molar-refractivity contribution >= 4 is 0 Å². The van der Waals surface area contributed by atoms with Crippen molar-refractivity contribution < 1.29 is 35.8 Å². The lowest BCUT2D eigenvalue weighted by Crippen LogP contribution is -2.14. The van der Waals surface area contributed by atoms with Gasteiger partial charge >= 0.3 is 12.4 Å². The van der Waals surface area contributed by atoms with Crippen molar-refractivity contribution in [1.29, 1.82) is 0 Å². The number of methoxy groups -OCH3 is 2. The number of hydrogen-bond acceptors (Lipinski definition) is 4. The van der Waals surface area contributed by atoms with E-state index >= 15 is 26.3 Å². The van der Waals surface area contributed by atoms with Crippen LogP contribution in [0.4, 0.5) is 26.3 Å². The zero-order chi connectivity index (χ0) is 38.0. The molecule has 54 heavy (non-hydrogen) atoms. The molecule has 4 nitrogen and oxygen atoms in total. The Morgan fingerprint density at radius 1 is 0.389 bits per heavy atom. The van der Waals surface area contributed by atoms with Gasteiger partial charge in [0.25, 0.3) is 0 Å². The molecule has 2 aromatic heterocycles. The molecule has 7 rings (SSSR count). The minimum atomic E-state index is -4.96. The maximum atomic E-state index is 15.5. The highest BCUT2D eigenvalue weighted by molar-refractivity contribution is 5.93. The van der Waals surface area contributed by atoms with Crippen molar-refractivity contribution in [3.8, 4) is 78.8 Å². The molecule has 0 N–H and O–H groups in total. The lowest BCUT2D eigenvalue weighted by Gasteiger charge is -2.23. The quantitative estimate of drug-likeness (QED) is 0.146. The Bertz CT molecular complexity index is 2240. The van der Waals surface area contributed by atoms with Gasteiger partial charge in [0.2, 0.25) is 0 Å². The molecule has 0 unspecified atom stereocenters. The van der Waals surface area contributed by atoms with Gasteiger partial charge in [-0.05, 0) is 82.9 Å². The lowest BCUT2D eigenvalue weighted by atomic mass is 9.86. The summed E-state index contributed by atoms with van der Waals surface area (Å²) in [5, 5.41) is 0. The van der Waals surface area contributed by atoms with Crippen LogP contribution in [-0.2, 0) is 12.4 Å². The molecule has 7 aromatic rings. The Labute approximate surface area is 307 Å². The van der Waals surface area contributed by atoms with Crippen molar-refractivity contribution in [2.24, 2.45) is 0 Å². The molecule has 0 amide bonds. The smallest absolute Gasteiger partial charge is 0.419 e. The second-order valence-electron chi connectivity index (χ2n) is 12.3. The number of halogens is 6. The van der Waals surface area contributed by atoms with Crippen LogP contribution in [0.15, 0.2) is 146 Å². The third-order valence-corrected chi connectivity index (χ3v) is 8.98. The summed E-state index contributed by atoms with van der Waals surface area (Å²) >= 11 is 0. The van der Waals surface area contributed by atoms with Gasteiger partial charge in [-0.2, -0.15) is 26.3 Å². The van der Waals surface area contributed by atoms with Crippen molar-refractivity contribution in [2.45, 2.75) is 12.4 Å². The number of alkyl halides is 6. The number of aromatic nitrogens is 2. The standard InChI is InChI=1S/C44H30F6N2O2/c1-53-31-21-17-27(18-22-31)37-25-35(39(43(45,46)47)41(51-37)29-11-5-3-6-12-29)33-15-9-10-16-34(33)36-26-38(28-19-23-32(54-2)24-20-28)52-42(40(36)44(48,49)50)30-13-7-4-8-14-30/h3-26H,1-2H3. The fraction of sp³-hybridized carbons (Fsp3) is 0.0909. The summed E-state index contributed by atoms with van der Waals surface area (Å²) in [6, 6.07) is 37.5. The first-order chi connectivity index (χ1) is 26.0. The Morgan fingerprint density at radius 2 is 0.722 bits per heavy atom. The number of pyridine rings is 2. The average molecular weight is 733 g/mol. The molecule has 0 aliphatic carbocycles. The molecular weight excluding hydrogens is 702 g/mol. The summed E-state index contributed by atoms with van der Waals surface area (Å²) in [6.45, 7) is 0. The third kappa shape index (κ3) is 7.15. The van der Waals surface area contributed by atoms with Crippen molar-refractivity contribution in [1.82, 2.24) is 9.97 Å². The van der Waals surface area contributed by atoms with Gasteiger partial charge in [0.05, 0.1) is 48.1 Å². The molecule has 10 heteroatoms. The first-order valence-corrected chi connectivity index (χ1v) is 16.7. The van der Waals surface area contributed by atoms with Gasteiger partial charge in [-0.1, -0.05) is 84.9 Å². The molecule has 0 atom stereocenters.